The molecular formula is C33H43NOSi. The van der Waals surface area contributed by atoms with Crippen LogP contribution in [0.2, 0.25) is 0 Å². The summed E-state index contributed by atoms with van der Waals surface area (Å²) in [5.41, 5.74) is 2.79. The first-order valence-electron chi connectivity index (χ1n) is 14.0. The first kappa shape index (κ1) is 26.6. The van der Waals surface area contributed by atoms with Crippen LogP contribution in [0.3, 0.4) is 0 Å². The first-order valence-corrected chi connectivity index (χ1v) is 15.6. The predicted octanol–water partition coefficient (Wildman–Crippen LogP) is 6.49. The van der Waals surface area contributed by atoms with Crippen LogP contribution in [0.1, 0.15) is 64.4 Å². The molecule has 1 aliphatic heterocycles. The van der Waals surface area contributed by atoms with Crippen molar-refractivity contribution in [2.45, 2.75) is 70.9 Å². The van der Waals surface area contributed by atoms with Gasteiger partial charge in [-0.3, -0.25) is 4.90 Å². The summed E-state index contributed by atoms with van der Waals surface area (Å²) in [7, 11) is -1.86. The Bertz CT molecular complexity index is 1000. The molecule has 1 heterocycles. The zero-order valence-corrected chi connectivity index (χ0v) is 23.4. The first-order chi connectivity index (χ1) is 17.7. The molecule has 0 aromatic heterocycles. The Morgan fingerprint density at radius 1 is 0.750 bits per heavy atom. The second kappa shape index (κ2) is 13.7. The molecule has 0 bridgehead atoms. The van der Waals surface area contributed by atoms with Gasteiger partial charge in [-0.2, -0.15) is 0 Å². The van der Waals surface area contributed by atoms with E-state index in [2.05, 4.69) is 116 Å². The highest BCUT2D eigenvalue weighted by Gasteiger charge is 2.38. The summed E-state index contributed by atoms with van der Waals surface area (Å²) in [4.78, 5) is 2.58. The standard InChI is InChI=1S/C33H43NOSi/c1-3-5-24-33(25-6-4-2,30-22-26-34(27-23-30)28-29-16-10-7-11-17-29)35-36(31-18-12-8-13-19-31)32-20-14-9-15-21-32/h7-22,36H,3-6,23-28H2,1-2H3. The van der Waals surface area contributed by atoms with Crippen LogP contribution in [0.15, 0.2) is 103 Å². The van der Waals surface area contributed by atoms with Crippen LogP contribution in [0.4, 0.5) is 0 Å². The summed E-state index contributed by atoms with van der Waals surface area (Å²) in [6.45, 7) is 7.76. The summed E-state index contributed by atoms with van der Waals surface area (Å²) in [6.07, 6.45) is 10.7. The Kier molecular flexibility index (Phi) is 10.1. The Balaban J connectivity index is 1.65. The fraction of sp³-hybridized carbons (Fsp3) is 0.394. The van der Waals surface area contributed by atoms with E-state index >= 15 is 0 Å². The smallest absolute Gasteiger partial charge is 0.241 e. The second-order valence-electron chi connectivity index (χ2n) is 10.2. The lowest BCUT2D eigenvalue weighted by Gasteiger charge is -2.43. The van der Waals surface area contributed by atoms with E-state index in [1.54, 1.807) is 5.57 Å². The topological polar surface area (TPSA) is 12.5 Å². The van der Waals surface area contributed by atoms with E-state index in [9.17, 15) is 0 Å². The number of unbranched alkanes of at least 4 members (excludes halogenated alkanes) is 2. The quantitative estimate of drug-likeness (QED) is 0.198. The molecular weight excluding hydrogens is 454 g/mol. The molecule has 1 aliphatic rings. The lowest BCUT2D eigenvalue weighted by atomic mass is 9.81. The molecule has 0 atom stereocenters. The molecule has 0 radical (unpaired) electrons. The minimum atomic E-state index is -1.86. The van der Waals surface area contributed by atoms with Gasteiger partial charge in [-0.1, -0.05) is 137 Å². The highest BCUT2D eigenvalue weighted by atomic mass is 28.3. The Hall–Kier alpha value is -2.46. The molecule has 3 aromatic rings. The fourth-order valence-electron chi connectivity index (χ4n) is 5.48. The van der Waals surface area contributed by atoms with Crippen molar-refractivity contribution >= 4 is 19.4 Å². The van der Waals surface area contributed by atoms with Crippen molar-refractivity contribution < 1.29 is 4.43 Å². The lowest BCUT2D eigenvalue weighted by molar-refractivity contribution is 0.0760. The van der Waals surface area contributed by atoms with Crippen molar-refractivity contribution in [2.75, 3.05) is 13.1 Å². The van der Waals surface area contributed by atoms with Crippen molar-refractivity contribution in [2.24, 2.45) is 0 Å². The molecule has 0 spiro atoms. The third-order valence-corrected chi connectivity index (χ3v) is 10.2. The third-order valence-electron chi connectivity index (χ3n) is 7.54. The molecule has 190 valence electrons. The molecule has 2 nitrogen and oxygen atoms in total. The van der Waals surface area contributed by atoms with Gasteiger partial charge in [-0.05, 0) is 40.8 Å². The summed E-state index contributed by atoms with van der Waals surface area (Å²) in [5.74, 6) is 0. The summed E-state index contributed by atoms with van der Waals surface area (Å²) < 4.78 is 7.56. The zero-order valence-electron chi connectivity index (χ0n) is 22.2. The van der Waals surface area contributed by atoms with Gasteiger partial charge < -0.3 is 4.43 Å². The lowest BCUT2D eigenvalue weighted by Crippen LogP contribution is -2.53. The zero-order chi connectivity index (χ0) is 25.1. The van der Waals surface area contributed by atoms with Crippen molar-refractivity contribution in [1.29, 1.82) is 0 Å². The summed E-state index contributed by atoms with van der Waals surface area (Å²) >= 11 is 0. The molecule has 0 unspecified atom stereocenters. The molecule has 0 amide bonds. The predicted molar refractivity (Wildman–Crippen MR) is 157 cm³/mol. The highest BCUT2D eigenvalue weighted by Crippen LogP contribution is 2.37. The van der Waals surface area contributed by atoms with Gasteiger partial charge in [0.25, 0.3) is 0 Å². The third kappa shape index (κ3) is 7.06. The van der Waals surface area contributed by atoms with Crippen molar-refractivity contribution in [3.05, 3.63) is 108 Å². The number of benzene rings is 3. The summed E-state index contributed by atoms with van der Waals surface area (Å²) in [6, 6.07) is 32.9. The normalized spacial score (nSPS) is 14.7. The van der Waals surface area contributed by atoms with E-state index in [1.807, 2.05) is 0 Å². The van der Waals surface area contributed by atoms with Gasteiger partial charge in [0.05, 0.1) is 5.60 Å². The van der Waals surface area contributed by atoms with E-state index in [0.29, 0.717) is 0 Å². The molecule has 0 saturated carbocycles. The van der Waals surface area contributed by atoms with Crippen LogP contribution < -0.4 is 10.4 Å². The minimum Gasteiger partial charge on any atom is -0.402 e. The van der Waals surface area contributed by atoms with Crippen molar-refractivity contribution in [1.82, 2.24) is 4.90 Å². The van der Waals surface area contributed by atoms with Gasteiger partial charge in [-0.25, -0.2) is 0 Å². The van der Waals surface area contributed by atoms with E-state index in [4.69, 9.17) is 4.43 Å². The SMILES string of the molecule is CCCCC(CCCC)(O[SiH](c1ccccc1)c1ccccc1)C1=CCN(Cc2ccccc2)CC1. The molecule has 36 heavy (non-hydrogen) atoms. The van der Waals surface area contributed by atoms with Gasteiger partial charge in [0, 0.05) is 19.6 Å². The van der Waals surface area contributed by atoms with Gasteiger partial charge in [0.15, 0.2) is 0 Å². The van der Waals surface area contributed by atoms with E-state index < -0.39 is 9.04 Å². The number of hydrogen-bond acceptors (Lipinski definition) is 2. The van der Waals surface area contributed by atoms with E-state index in [0.717, 1.165) is 38.9 Å². The molecule has 3 aromatic carbocycles. The number of nitrogens with zero attached hydrogens (tertiary/aromatic N) is 1. The minimum absolute atomic E-state index is 0.159. The molecule has 3 heteroatoms. The maximum atomic E-state index is 7.56. The Morgan fingerprint density at radius 3 is 1.75 bits per heavy atom. The largest absolute Gasteiger partial charge is 0.402 e. The van der Waals surface area contributed by atoms with Crippen molar-refractivity contribution in [3.63, 3.8) is 0 Å². The highest BCUT2D eigenvalue weighted by molar-refractivity contribution is 6.80. The molecule has 0 saturated heterocycles. The second-order valence-corrected chi connectivity index (χ2v) is 12.5. The fourth-order valence-corrected chi connectivity index (χ4v) is 8.12. The summed E-state index contributed by atoms with van der Waals surface area (Å²) in [5, 5.41) is 2.76. The van der Waals surface area contributed by atoms with Gasteiger partial charge >= 0.3 is 0 Å². The van der Waals surface area contributed by atoms with Crippen LogP contribution in [0.25, 0.3) is 0 Å². The van der Waals surface area contributed by atoms with Crippen LogP contribution in [-0.4, -0.2) is 32.6 Å². The average Bonchev–Trinajstić information content (AvgIpc) is 2.95. The molecule has 0 aliphatic carbocycles. The number of rotatable bonds is 13. The van der Waals surface area contributed by atoms with Crippen molar-refractivity contribution in [3.8, 4) is 0 Å². The van der Waals surface area contributed by atoms with E-state index in [-0.39, 0.29) is 5.60 Å². The molecule has 4 rings (SSSR count). The number of hydrogen-bond donors (Lipinski definition) is 0. The monoisotopic (exact) mass is 497 g/mol. The maximum absolute atomic E-state index is 7.56. The van der Waals surface area contributed by atoms with E-state index in [1.165, 1.54) is 41.6 Å². The van der Waals surface area contributed by atoms with Gasteiger partial charge in [0.1, 0.15) is 0 Å². The Morgan fingerprint density at radius 2 is 1.28 bits per heavy atom. The molecule has 0 N–H and O–H groups in total. The maximum Gasteiger partial charge on any atom is 0.241 e. The van der Waals surface area contributed by atoms with Crippen LogP contribution in [0.5, 0.6) is 0 Å². The van der Waals surface area contributed by atoms with Gasteiger partial charge in [0.2, 0.25) is 9.04 Å². The van der Waals surface area contributed by atoms with Gasteiger partial charge in [-0.15, -0.1) is 0 Å². The van der Waals surface area contributed by atoms with Crippen LogP contribution >= 0.6 is 0 Å². The van der Waals surface area contributed by atoms with Crippen LogP contribution in [-0.2, 0) is 11.0 Å². The average molecular weight is 498 g/mol. The molecule has 0 fully saturated rings. The van der Waals surface area contributed by atoms with Crippen LogP contribution in [0, 0.1) is 0 Å². The Labute approximate surface area is 220 Å².